The molecular formula is C13H21NOSi. The Morgan fingerprint density at radius 2 is 1.88 bits per heavy atom. The van der Waals surface area contributed by atoms with Crippen molar-refractivity contribution in [3.05, 3.63) is 18.3 Å². The van der Waals surface area contributed by atoms with Crippen LogP contribution in [-0.2, 0) is 0 Å². The molecule has 2 rings (SSSR count). The van der Waals surface area contributed by atoms with Gasteiger partial charge in [0, 0.05) is 12.3 Å². The monoisotopic (exact) mass is 235 g/mol. The van der Waals surface area contributed by atoms with Gasteiger partial charge in [0.05, 0.1) is 8.07 Å². The summed E-state index contributed by atoms with van der Waals surface area (Å²) >= 11 is 0. The number of rotatable bonds is 3. The van der Waals surface area contributed by atoms with Crippen molar-refractivity contribution in [2.75, 3.05) is 0 Å². The number of pyridine rings is 1. The van der Waals surface area contributed by atoms with Crippen molar-refractivity contribution in [3.63, 3.8) is 0 Å². The maximum atomic E-state index is 5.85. The number of aromatic nitrogens is 1. The maximum Gasteiger partial charge on any atom is 0.213 e. The summed E-state index contributed by atoms with van der Waals surface area (Å²) in [5, 5.41) is 1.39. The summed E-state index contributed by atoms with van der Waals surface area (Å²) in [7, 11) is -1.22. The number of hydrogen-bond acceptors (Lipinski definition) is 2. The summed E-state index contributed by atoms with van der Waals surface area (Å²) in [4.78, 5) is 4.42. The fourth-order valence-corrected chi connectivity index (χ4v) is 3.11. The molecule has 0 atom stereocenters. The molecule has 1 aromatic rings. The highest BCUT2D eigenvalue weighted by Gasteiger charge is 2.19. The van der Waals surface area contributed by atoms with Gasteiger partial charge in [0.25, 0.3) is 0 Å². The van der Waals surface area contributed by atoms with Gasteiger partial charge in [0.2, 0.25) is 5.88 Å². The minimum Gasteiger partial charge on any atom is -0.474 e. The molecule has 0 aromatic carbocycles. The quantitative estimate of drug-likeness (QED) is 0.752. The lowest BCUT2D eigenvalue weighted by atomic mass is 10.3. The zero-order chi connectivity index (χ0) is 11.6. The molecule has 0 unspecified atom stereocenters. The average Bonchev–Trinajstić information content (AvgIpc) is 2.70. The van der Waals surface area contributed by atoms with E-state index >= 15 is 0 Å². The maximum absolute atomic E-state index is 5.85. The third-order valence-corrected chi connectivity index (χ3v) is 5.22. The van der Waals surface area contributed by atoms with Crippen LogP contribution in [0.25, 0.3) is 0 Å². The molecule has 1 aliphatic carbocycles. The average molecular weight is 235 g/mol. The lowest BCUT2D eigenvalue weighted by Gasteiger charge is -2.17. The van der Waals surface area contributed by atoms with Crippen LogP contribution in [0.5, 0.6) is 5.88 Å². The Hall–Kier alpha value is -0.833. The van der Waals surface area contributed by atoms with Gasteiger partial charge in [-0.1, -0.05) is 25.7 Å². The van der Waals surface area contributed by atoms with Crippen molar-refractivity contribution in [2.45, 2.75) is 51.4 Å². The number of hydrogen-bond donors (Lipinski definition) is 0. The SMILES string of the molecule is C[Si](C)(C)c1ccc(OC2CCCC2)nc1. The predicted octanol–water partition coefficient (Wildman–Crippen LogP) is 2.95. The van der Waals surface area contributed by atoms with Crippen LogP contribution in [-0.4, -0.2) is 19.2 Å². The molecule has 1 aromatic heterocycles. The van der Waals surface area contributed by atoms with E-state index in [1.807, 2.05) is 12.3 Å². The molecule has 1 fully saturated rings. The molecule has 3 heteroatoms. The fraction of sp³-hybridized carbons (Fsp3) is 0.615. The van der Waals surface area contributed by atoms with Crippen LogP contribution in [0.2, 0.25) is 19.6 Å². The van der Waals surface area contributed by atoms with Crippen molar-refractivity contribution in [1.29, 1.82) is 0 Å². The zero-order valence-electron chi connectivity index (χ0n) is 10.5. The Kier molecular flexibility index (Phi) is 3.33. The van der Waals surface area contributed by atoms with Crippen LogP contribution >= 0.6 is 0 Å². The summed E-state index contributed by atoms with van der Waals surface area (Å²) in [6.07, 6.45) is 7.39. The minimum atomic E-state index is -1.22. The summed E-state index contributed by atoms with van der Waals surface area (Å²) in [5.74, 6) is 0.800. The van der Waals surface area contributed by atoms with Gasteiger partial charge >= 0.3 is 0 Å². The molecule has 16 heavy (non-hydrogen) atoms. The van der Waals surface area contributed by atoms with E-state index in [1.54, 1.807) is 0 Å². The molecule has 0 N–H and O–H groups in total. The first-order valence-electron chi connectivity index (χ1n) is 6.19. The third kappa shape index (κ3) is 2.85. The van der Waals surface area contributed by atoms with Crippen LogP contribution < -0.4 is 9.92 Å². The van der Waals surface area contributed by atoms with Crippen LogP contribution in [0.4, 0.5) is 0 Å². The van der Waals surface area contributed by atoms with Crippen LogP contribution in [0.1, 0.15) is 25.7 Å². The van der Waals surface area contributed by atoms with Crippen molar-refractivity contribution in [2.24, 2.45) is 0 Å². The molecular weight excluding hydrogens is 214 g/mol. The fourth-order valence-electron chi connectivity index (χ4n) is 2.07. The second-order valence-electron chi connectivity index (χ2n) is 5.66. The molecule has 0 bridgehead atoms. The minimum absolute atomic E-state index is 0.408. The van der Waals surface area contributed by atoms with E-state index in [4.69, 9.17) is 4.74 Å². The molecule has 1 heterocycles. The highest BCUT2D eigenvalue weighted by molar-refractivity contribution is 6.88. The van der Waals surface area contributed by atoms with Gasteiger partial charge in [-0.25, -0.2) is 4.98 Å². The van der Waals surface area contributed by atoms with Gasteiger partial charge in [0.1, 0.15) is 6.10 Å². The molecule has 0 spiro atoms. The first kappa shape index (κ1) is 11.6. The van der Waals surface area contributed by atoms with Crippen molar-refractivity contribution in [1.82, 2.24) is 4.98 Å². The molecule has 88 valence electrons. The topological polar surface area (TPSA) is 22.1 Å². The Morgan fingerprint density at radius 1 is 1.19 bits per heavy atom. The molecule has 1 aliphatic rings. The summed E-state index contributed by atoms with van der Waals surface area (Å²) in [6.45, 7) is 7.00. The number of ether oxygens (including phenoxy) is 1. The normalized spacial score (nSPS) is 17.7. The van der Waals surface area contributed by atoms with E-state index in [-0.39, 0.29) is 0 Å². The summed E-state index contributed by atoms with van der Waals surface area (Å²) in [6, 6.07) is 4.22. The lowest BCUT2D eigenvalue weighted by Crippen LogP contribution is -2.37. The van der Waals surface area contributed by atoms with E-state index in [1.165, 1.54) is 30.9 Å². The van der Waals surface area contributed by atoms with Crippen LogP contribution in [0.15, 0.2) is 18.3 Å². The highest BCUT2D eigenvalue weighted by atomic mass is 28.3. The van der Waals surface area contributed by atoms with E-state index in [0.717, 1.165) is 5.88 Å². The third-order valence-electron chi connectivity index (χ3n) is 3.19. The van der Waals surface area contributed by atoms with Gasteiger partial charge in [-0.3, -0.25) is 0 Å². The Balaban J connectivity index is 2.01. The van der Waals surface area contributed by atoms with Crippen molar-refractivity contribution in [3.8, 4) is 5.88 Å². The van der Waals surface area contributed by atoms with Crippen LogP contribution in [0.3, 0.4) is 0 Å². The molecule has 0 amide bonds. The second kappa shape index (κ2) is 4.58. The molecule has 0 aliphatic heterocycles. The standard InChI is InChI=1S/C13H21NOSi/c1-16(2,3)12-8-9-13(14-10-12)15-11-6-4-5-7-11/h8-11H,4-7H2,1-3H3. The van der Waals surface area contributed by atoms with Crippen molar-refractivity contribution < 1.29 is 4.74 Å². The molecule has 0 saturated heterocycles. The highest BCUT2D eigenvalue weighted by Crippen LogP contribution is 2.22. The van der Waals surface area contributed by atoms with Gasteiger partial charge in [-0.2, -0.15) is 0 Å². The van der Waals surface area contributed by atoms with E-state index in [2.05, 4.69) is 30.7 Å². The predicted molar refractivity (Wildman–Crippen MR) is 70.1 cm³/mol. The van der Waals surface area contributed by atoms with Gasteiger partial charge < -0.3 is 4.74 Å². The first-order chi connectivity index (χ1) is 7.55. The van der Waals surface area contributed by atoms with Crippen LogP contribution in [0, 0.1) is 0 Å². The largest absolute Gasteiger partial charge is 0.474 e. The lowest BCUT2D eigenvalue weighted by molar-refractivity contribution is 0.201. The van der Waals surface area contributed by atoms with Gasteiger partial charge in [-0.15, -0.1) is 0 Å². The van der Waals surface area contributed by atoms with E-state index in [9.17, 15) is 0 Å². The Bertz CT molecular complexity index is 336. The molecule has 0 radical (unpaired) electrons. The van der Waals surface area contributed by atoms with Gasteiger partial charge in [0.15, 0.2) is 0 Å². The summed E-state index contributed by atoms with van der Waals surface area (Å²) < 4.78 is 5.85. The number of nitrogens with zero attached hydrogens (tertiary/aromatic N) is 1. The smallest absolute Gasteiger partial charge is 0.213 e. The van der Waals surface area contributed by atoms with Crippen molar-refractivity contribution >= 4 is 13.3 Å². The Labute approximate surface area is 99.1 Å². The molecule has 2 nitrogen and oxygen atoms in total. The second-order valence-corrected chi connectivity index (χ2v) is 10.7. The van der Waals surface area contributed by atoms with Gasteiger partial charge in [-0.05, 0) is 30.9 Å². The van der Waals surface area contributed by atoms with E-state index < -0.39 is 8.07 Å². The zero-order valence-corrected chi connectivity index (χ0v) is 11.5. The van der Waals surface area contributed by atoms with E-state index in [0.29, 0.717) is 6.10 Å². The first-order valence-corrected chi connectivity index (χ1v) is 9.69. The Morgan fingerprint density at radius 3 is 2.38 bits per heavy atom. The molecule has 1 saturated carbocycles. The summed E-state index contributed by atoms with van der Waals surface area (Å²) in [5.41, 5.74) is 0.